The van der Waals surface area contributed by atoms with Crippen LogP contribution in [0.2, 0.25) is 0 Å². The average Bonchev–Trinajstić information content (AvgIpc) is 2.60. The molecule has 4 heteroatoms. The molecule has 0 aliphatic carbocycles. The predicted molar refractivity (Wildman–Crippen MR) is 101 cm³/mol. The van der Waals surface area contributed by atoms with E-state index in [0.717, 1.165) is 16.5 Å². The minimum Gasteiger partial charge on any atom is -0.496 e. The second-order valence-corrected chi connectivity index (χ2v) is 6.05. The summed E-state index contributed by atoms with van der Waals surface area (Å²) in [5.41, 5.74) is 1.18. The molecule has 1 amide bonds. The van der Waals surface area contributed by atoms with Gasteiger partial charge in [-0.3, -0.25) is 4.79 Å². The van der Waals surface area contributed by atoms with E-state index in [0.29, 0.717) is 17.0 Å². The van der Waals surface area contributed by atoms with Gasteiger partial charge in [0.15, 0.2) is 0 Å². The molecule has 0 fully saturated rings. The maximum Gasteiger partial charge on any atom is 0.259 e. The summed E-state index contributed by atoms with van der Waals surface area (Å²) in [6, 6.07) is 19.0. The Bertz CT molecular complexity index is 903. The lowest BCUT2D eigenvalue weighted by Crippen LogP contribution is -2.13. The lowest BCUT2D eigenvalue weighted by Gasteiger charge is -2.13. The van der Waals surface area contributed by atoms with Crippen molar-refractivity contribution < 1.29 is 14.3 Å². The molecule has 0 aliphatic rings. The molecule has 0 saturated heterocycles. The zero-order valence-electron chi connectivity index (χ0n) is 14.6. The van der Waals surface area contributed by atoms with Crippen LogP contribution in [0.5, 0.6) is 11.5 Å². The molecule has 0 atom stereocenters. The van der Waals surface area contributed by atoms with Gasteiger partial charge in [0.05, 0.1) is 18.8 Å². The molecule has 0 radical (unpaired) electrons. The van der Waals surface area contributed by atoms with Crippen molar-refractivity contribution in [2.45, 2.75) is 20.0 Å². The average molecular weight is 335 g/mol. The highest BCUT2D eigenvalue weighted by Gasteiger charge is 2.14. The maximum absolute atomic E-state index is 12.7. The zero-order chi connectivity index (χ0) is 17.8. The van der Waals surface area contributed by atoms with Crippen LogP contribution in [0.3, 0.4) is 0 Å². The lowest BCUT2D eigenvalue weighted by atomic mass is 10.1. The van der Waals surface area contributed by atoms with Crippen molar-refractivity contribution >= 4 is 22.4 Å². The topological polar surface area (TPSA) is 47.6 Å². The summed E-state index contributed by atoms with van der Waals surface area (Å²) in [5, 5.41) is 4.93. The lowest BCUT2D eigenvalue weighted by molar-refractivity contribution is 0.102. The fourth-order valence-electron chi connectivity index (χ4n) is 2.68. The van der Waals surface area contributed by atoms with Gasteiger partial charge < -0.3 is 14.8 Å². The van der Waals surface area contributed by atoms with Crippen molar-refractivity contribution in [3.63, 3.8) is 0 Å². The van der Waals surface area contributed by atoms with E-state index in [1.54, 1.807) is 7.11 Å². The van der Waals surface area contributed by atoms with Crippen LogP contribution in [-0.4, -0.2) is 19.1 Å². The summed E-state index contributed by atoms with van der Waals surface area (Å²) in [7, 11) is 1.57. The molecule has 0 aliphatic heterocycles. The Balaban J connectivity index is 1.89. The van der Waals surface area contributed by atoms with Crippen molar-refractivity contribution in [2.75, 3.05) is 12.4 Å². The standard InChI is InChI=1S/C21H21NO3/c1-14(2)25-18-10-6-9-17(13-18)22-21(23)19-11-15-7-4-5-8-16(15)12-20(19)24-3/h4-14H,1-3H3,(H,22,23). The highest BCUT2D eigenvalue weighted by molar-refractivity contribution is 6.08. The largest absolute Gasteiger partial charge is 0.496 e. The van der Waals surface area contributed by atoms with Crippen LogP contribution in [0.4, 0.5) is 5.69 Å². The molecule has 3 aromatic rings. The first kappa shape index (κ1) is 16.8. The second kappa shape index (κ2) is 7.26. The normalized spacial score (nSPS) is 10.7. The van der Waals surface area contributed by atoms with Crippen molar-refractivity contribution in [3.8, 4) is 11.5 Å². The van der Waals surface area contributed by atoms with Gasteiger partial charge >= 0.3 is 0 Å². The first-order valence-electron chi connectivity index (χ1n) is 8.21. The van der Waals surface area contributed by atoms with E-state index in [-0.39, 0.29) is 12.0 Å². The summed E-state index contributed by atoms with van der Waals surface area (Å²) in [4.78, 5) is 12.7. The molecular weight excluding hydrogens is 314 g/mol. The third-order valence-corrected chi connectivity index (χ3v) is 3.78. The van der Waals surface area contributed by atoms with Gasteiger partial charge in [-0.1, -0.05) is 30.3 Å². The van der Waals surface area contributed by atoms with Crippen LogP contribution < -0.4 is 14.8 Å². The second-order valence-electron chi connectivity index (χ2n) is 6.05. The SMILES string of the molecule is COc1cc2ccccc2cc1C(=O)Nc1cccc(OC(C)C)c1. The fraction of sp³-hybridized carbons (Fsp3) is 0.190. The third-order valence-electron chi connectivity index (χ3n) is 3.78. The van der Waals surface area contributed by atoms with Crippen molar-refractivity contribution in [1.29, 1.82) is 0 Å². The molecule has 0 spiro atoms. The Hall–Kier alpha value is -3.01. The molecule has 3 rings (SSSR count). The van der Waals surface area contributed by atoms with E-state index in [2.05, 4.69) is 5.32 Å². The number of ether oxygens (including phenoxy) is 2. The van der Waals surface area contributed by atoms with E-state index < -0.39 is 0 Å². The number of rotatable bonds is 5. The first-order chi connectivity index (χ1) is 12.1. The molecular formula is C21H21NO3. The smallest absolute Gasteiger partial charge is 0.259 e. The monoisotopic (exact) mass is 335 g/mol. The Labute approximate surface area is 147 Å². The highest BCUT2D eigenvalue weighted by Crippen LogP contribution is 2.27. The third kappa shape index (κ3) is 3.91. The van der Waals surface area contributed by atoms with Crippen molar-refractivity contribution in [2.24, 2.45) is 0 Å². The molecule has 0 heterocycles. The summed E-state index contributed by atoms with van der Waals surface area (Å²) in [5.74, 6) is 1.05. The van der Waals surface area contributed by atoms with Crippen LogP contribution in [0, 0.1) is 0 Å². The number of carbonyl (C=O) groups excluding carboxylic acids is 1. The number of hydrogen-bond donors (Lipinski definition) is 1. The Morgan fingerprint density at radius 1 is 0.960 bits per heavy atom. The van der Waals surface area contributed by atoms with Crippen molar-refractivity contribution in [3.05, 3.63) is 66.2 Å². The number of hydrogen-bond acceptors (Lipinski definition) is 3. The van der Waals surface area contributed by atoms with Crippen molar-refractivity contribution in [1.82, 2.24) is 0 Å². The van der Waals surface area contributed by atoms with Crippen LogP contribution in [-0.2, 0) is 0 Å². The first-order valence-corrected chi connectivity index (χ1v) is 8.21. The van der Waals surface area contributed by atoms with E-state index in [9.17, 15) is 4.79 Å². The number of methoxy groups -OCH3 is 1. The maximum atomic E-state index is 12.7. The number of carbonyl (C=O) groups is 1. The van der Waals surface area contributed by atoms with E-state index in [4.69, 9.17) is 9.47 Å². The quantitative estimate of drug-likeness (QED) is 0.722. The number of anilines is 1. The van der Waals surface area contributed by atoms with Crippen LogP contribution in [0.1, 0.15) is 24.2 Å². The number of benzene rings is 3. The van der Waals surface area contributed by atoms with Crippen LogP contribution in [0.15, 0.2) is 60.7 Å². The van der Waals surface area contributed by atoms with E-state index >= 15 is 0 Å². The summed E-state index contributed by atoms with van der Waals surface area (Å²) in [6.45, 7) is 3.93. The summed E-state index contributed by atoms with van der Waals surface area (Å²) < 4.78 is 11.1. The zero-order valence-corrected chi connectivity index (χ0v) is 14.6. The number of fused-ring (bicyclic) bond motifs is 1. The molecule has 0 unspecified atom stereocenters. The van der Waals surface area contributed by atoms with E-state index in [1.165, 1.54) is 0 Å². The van der Waals surface area contributed by atoms with Gasteiger partial charge in [-0.2, -0.15) is 0 Å². The van der Waals surface area contributed by atoms with Crippen LogP contribution in [0.25, 0.3) is 10.8 Å². The molecule has 3 aromatic carbocycles. The van der Waals surface area contributed by atoms with Crippen LogP contribution >= 0.6 is 0 Å². The predicted octanol–water partition coefficient (Wildman–Crippen LogP) is 4.89. The molecule has 4 nitrogen and oxygen atoms in total. The molecule has 128 valence electrons. The minimum absolute atomic E-state index is 0.0755. The van der Waals surface area contributed by atoms with Gasteiger partial charge in [-0.15, -0.1) is 0 Å². The molecule has 0 aromatic heterocycles. The van der Waals surface area contributed by atoms with Gasteiger partial charge in [-0.25, -0.2) is 0 Å². The number of nitrogens with one attached hydrogen (secondary N) is 1. The summed E-state index contributed by atoms with van der Waals surface area (Å²) in [6.07, 6.45) is 0.0755. The minimum atomic E-state index is -0.218. The number of amides is 1. The molecule has 25 heavy (non-hydrogen) atoms. The van der Waals surface area contributed by atoms with Gasteiger partial charge in [0.1, 0.15) is 11.5 Å². The fourth-order valence-corrected chi connectivity index (χ4v) is 2.68. The van der Waals surface area contributed by atoms with Gasteiger partial charge in [0.2, 0.25) is 0 Å². The molecule has 0 saturated carbocycles. The molecule has 0 bridgehead atoms. The van der Waals surface area contributed by atoms with E-state index in [1.807, 2.05) is 74.5 Å². The highest BCUT2D eigenvalue weighted by atomic mass is 16.5. The Morgan fingerprint density at radius 2 is 1.68 bits per heavy atom. The van der Waals surface area contributed by atoms with Gasteiger partial charge in [0.25, 0.3) is 5.91 Å². The van der Waals surface area contributed by atoms with Gasteiger partial charge in [0, 0.05) is 11.8 Å². The van der Waals surface area contributed by atoms with Gasteiger partial charge in [-0.05, 0) is 48.9 Å². The Kier molecular flexibility index (Phi) is 4.89. The Morgan fingerprint density at radius 3 is 2.36 bits per heavy atom. The summed E-state index contributed by atoms with van der Waals surface area (Å²) >= 11 is 0. The molecule has 1 N–H and O–H groups in total.